The molecule has 0 amide bonds. The van der Waals surface area contributed by atoms with Gasteiger partial charge in [0, 0.05) is 18.3 Å². The summed E-state index contributed by atoms with van der Waals surface area (Å²) in [5, 5.41) is 0. The van der Waals surface area contributed by atoms with Gasteiger partial charge < -0.3 is 4.74 Å². The monoisotopic (exact) mass is 233 g/mol. The van der Waals surface area contributed by atoms with Gasteiger partial charge in [-0.1, -0.05) is 12.1 Å². The van der Waals surface area contributed by atoms with Crippen molar-refractivity contribution in [3.8, 4) is 5.75 Å². The summed E-state index contributed by atoms with van der Waals surface area (Å²) in [5.74, 6) is 1.35. The maximum absolute atomic E-state index is 5.75. The summed E-state index contributed by atoms with van der Waals surface area (Å²) in [6, 6.07) is 11.7. The maximum atomic E-state index is 5.75. The fourth-order valence-electron chi connectivity index (χ4n) is 1.36. The molecule has 2 aromatic rings. The first-order valence-corrected chi connectivity index (χ1v) is 5.58. The number of nitrogens with zero attached hydrogens (tertiary/aromatic N) is 1. The summed E-state index contributed by atoms with van der Waals surface area (Å²) < 4.78 is 5.65. The Labute approximate surface area is 99.9 Å². The summed E-state index contributed by atoms with van der Waals surface area (Å²) in [5.41, 5.74) is 2.17. The Bertz CT molecular complexity index is 445. The normalized spacial score (nSPS) is 10.1. The smallest absolute Gasteiger partial charge is 0.120 e. The van der Waals surface area contributed by atoms with E-state index in [1.165, 1.54) is 0 Å². The van der Waals surface area contributed by atoms with Gasteiger partial charge in [-0.3, -0.25) is 4.98 Å². The highest BCUT2D eigenvalue weighted by molar-refractivity contribution is 6.17. The lowest BCUT2D eigenvalue weighted by Gasteiger charge is -2.06. The topological polar surface area (TPSA) is 22.1 Å². The van der Waals surface area contributed by atoms with Gasteiger partial charge in [-0.2, -0.15) is 0 Å². The zero-order valence-electron chi connectivity index (χ0n) is 8.77. The fourth-order valence-corrected chi connectivity index (χ4v) is 1.53. The molecule has 0 bridgehead atoms. The van der Waals surface area contributed by atoms with Gasteiger partial charge in [-0.25, -0.2) is 0 Å². The van der Waals surface area contributed by atoms with Gasteiger partial charge in [0.15, 0.2) is 0 Å². The van der Waals surface area contributed by atoms with Crippen molar-refractivity contribution in [3.05, 3.63) is 59.9 Å². The van der Waals surface area contributed by atoms with Crippen LogP contribution in [0, 0.1) is 0 Å². The van der Waals surface area contributed by atoms with Crippen molar-refractivity contribution < 1.29 is 4.74 Å². The minimum atomic E-state index is 0.506. The number of pyridine rings is 1. The molecule has 0 aliphatic rings. The third kappa shape index (κ3) is 2.97. The van der Waals surface area contributed by atoms with Gasteiger partial charge >= 0.3 is 0 Å². The first-order chi connectivity index (χ1) is 7.88. The van der Waals surface area contributed by atoms with Gasteiger partial charge in [0.25, 0.3) is 0 Å². The van der Waals surface area contributed by atoms with Gasteiger partial charge in [0.1, 0.15) is 12.4 Å². The van der Waals surface area contributed by atoms with Crippen molar-refractivity contribution in [2.24, 2.45) is 0 Å². The van der Waals surface area contributed by atoms with E-state index in [0.717, 1.165) is 16.9 Å². The van der Waals surface area contributed by atoms with Crippen LogP contribution in [0.3, 0.4) is 0 Å². The zero-order chi connectivity index (χ0) is 11.2. The number of rotatable bonds is 4. The van der Waals surface area contributed by atoms with E-state index in [9.17, 15) is 0 Å². The molecule has 0 unspecified atom stereocenters. The molecule has 0 aliphatic heterocycles. The molecule has 2 nitrogen and oxygen atoms in total. The van der Waals surface area contributed by atoms with Crippen LogP contribution in [-0.2, 0) is 12.5 Å². The number of benzene rings is 1. The number of hydrogen-bond donors (Lipinski definition) is 0. The van der Waals surface area contributed by atoms with Crippen molar-refractivity contribution in [1.29, 1.82) is 0 Å². The van der Waals surface area contributed by atoms with Crippen LogP contribution in [-0.4, -0.2) is 4.98 Å². The Kier molecular flexibility index (Phi) is 3.78. The highest BCUT2D eigenvalue weighted by Crippen LogP contribution is 2.16. The molecule has 3 heteroatoms. The highest BCUT2D eigenvalue weighted by atomic mass is 35.5. The summed E-state index contributed by atoms with van der Waals surface area (Å²) in [7, 11) is 0. The quantitative estimate of drug-likeness (QED) is 0.756. The van der Waals surface area contributed by atoms with Crippen LogP contribution in [0.5, 0.6) is 5.75 Å². The second kappa shape index (κ2) is 5.52. The largest absolute Gasteiger partial charge is 0.489 e. The minimum absolute atomic E-state index is 0.506. The maximum Gasteiger partial charge on any atom is 0.120 e. The average molecular weight is 234 g/mol. The Hall–Kier alpha value is -1.54. The summed E-state index contributed by atoms with van der Waals surface area (Å²) in [6.45, 7) is 0.550. The summed E-state index contributed by atoms with van der Waals surface area (Å²) in [6.07, 6.45) is 3.52. The standard InChI is InChI=1S/C13H12ClNO/c14-9-12-2-1-3-13(8-12)16-10-11-4-6-15-7-5-11/h1-8H,9-10H2. The first kappa shape index (κ1) is 11.0. The van der Waals surface area contributed by atoms with Crippen LogP contribution < -0.4 is 4.74 Å². The lowest BCUT2D eigenvalue weighted by Crippen LogP contribution is -1.95. The SMILES string of the molecule is ClCc1cccc(OCc2ccncc2)c1. The Morgan fingerprint density at radius 2 is 1.88 bits per heavy atom. The first-order valence-electron chi connectivity index (χ1n) is 5.05. The molecule has 0 atom stereocenters. The highest BCUT2D eigenvalue weighted by Gasteiger charge is 1.97. The number of aromatic nitrogens is 1. The third-order valence-corrected chi connectivity index (χ3v) is 2.52. The molecular formula is C13H12ClNO. The van der Waals surface area contributed by atoms with Crippen LogP contribution >= 0.6 is 11.6 Å². The molecule has 0 saturated heterocycles. The van der Waals surface area contributed by atoms with Crippen LogP contribution in [0.2, 0.25) is 0 Å². The molecule has 1 aromatic carbocycles. The van der Waals surface area contributed by atoms with Gasteiger partial charge in [0.2, 0.25) is 0 Å². The van der Waals surface area contributed by atoms with Crippen molar-refractivity contribution in [3.63, 3.8) is 0 Å². The predicted octanol–water partition coefficient (Wildman–Crippen LogP) is 3.40. The molecule has 0 radical (unpaired) electrons. The lowest BCUT2D eigenvalue weighted by atomic mass is 10.2. The zero-order valence-corrected chi connectivity index (χ0v) is 9.52. The second-order valence-corrected chi connectivity index (χ2v) is 3.69. The van der Waals surface area contributed by atoms with E-state index in [4.69, 9.17) is 16.3 Å². The van der Waals surface area contributed by atoms with Crippen molar-refractivity contribution in [2.45, 2.75) is 12.5 Å². The number of ether oxygens (including phenoxy) is 1. The molecule has 0 saturated carbocycles. The number of alkyl halides is 1. The van der Waals surface area contributed by atoms with Crippen LogP contribution in [0.1, 0.15) is 11.1 Å². The number of hydrogen-bond acceptors (Lipinski definition) is 2. The van der Waals surface area contributed by atoms with Crippen molar-refractivity contribution in [2.75, 3.05) is 0 Å². The van der Waals surface area contributed by atoms with E-state index in [0.29, 0.717) is 12.5 Å². The predicted molar refractivity (Wildman–Crippen MR) is 64.6 cm³/mol. The van der Waals surface area contributed by atoms with E-state index in [-0.39, 0.29) is 0 Å². The van der Waals surface area contributed by atoms with Crippen LogP contribution in [0.4, 0.5) is 0 Å². The second-order valence-electron chi connectivity index (χ2n) is 3.43. The van der Waals surface area contributed by atoms with E-state index >= 15 is 0 Å². The molecule has 0 fully saturated rings. The van der Waals surface area contributed by atoms with E-state index in [2.05, 4.69) is 4.98 Å². The van der Waals surface area contributed by atoms with E-state index in [1.807, 2.05) is 36.4 Å². The van der Waals surface area contributed by atoms with Gasteiger partial charge in [0.05, 0.1) is 0 Å². The molecule has 1 heterocycles. The molecule has 16 heavy (non-hydrogen) atoms. The van der Waals surface area contributed by atoms with E-state index in [1.54, 1.807) is 12.4 Å². The van der Waals surface area contributed by atoms with Crippen molar-refractivity contribution in [1.82, 2.24) is 4.98 Å². The average Bonchev–Trinajstić information content (AvgIpc) is 2.38. The molecule has 0 aliphatic carbocycles. The Balaban J connectivity index is 1.99. The fraction of sp³-hybridized carbons (Fsp3) is 0.154. The third-order valence-electron chi connectivity index (χ3n) is 2.21. The summed E-state index contributed by atoms with van der Waals surface area (Å²) in [4.78, 5) is 3.95. The van der Waals surface area contributed by atoms with E-state index < -0.39 is 0 Å². The molecule has 82 valence electrons. The molecule has 0 spiro atoms. The van der Waals surface area contributed by atoms with Crippen LogP contribution in [0.15, 0.2) is 48.8 Å². The van der Waals surface area contributed by atoms with Gasteiger partial charge in [-0.05, 0) is 35.4 Å². The lowest BCUT2D eigenvalue weighted by molar-refractivity contribution is 0.306. The Morgan fingerprint density at radius 3 is 2.62 bits per heavy atom. The molecular weight excluding hydrogens is 222 g/mol. The number of halogens is 1. The van der Waals surface area contributed by atoms with Crippen LogP contribution in [0.25, 0.3) is 0 Å². The molecule has 0 N–H and O–H groups in total. The Morgan fingerprint density at radius 1 is 1.06 bits per heavy atom. The van der Waals surface area contributed by atoms with Gasteiger partial charge in [-0.15, -0.1) is 11.6 Å². The minimum Gasteiger partial charge on any atom is -0.489 e. The van der Waals surface area contributed by atoms with Crippen molar-refractivity contribution >= 4 is 11.6 Å². The molecule has 2 rings (SSSR count). The summed E-state index contributed by atoms with van der Waals surface area (Å²) >= 11 is 5.75. The molecule has 1 aromatic heterocycles.